The van der Waals surface area contributed by atoms with Crippen molar-refractivity contribution in [3.05, 3.63) is 34.6 Å². The molecule has 7 heteroatoms. The summed E-state index contributed by atoms with van der Waals surface area (Å²) in [5, 5.41) is 9.44. The van der Waals surface area contributed by atoms with Crippen molar-refractivity contribution in [2.24, 2.45) is 0 Å². The molecule has 3 rings (SSSR count). The molecule has 6 nitrogen and oxygen atoms in total. The van der Waals surface area contributed by atoms with Crippen LogP contribution in [0.25, 0.3) is 0 Å². The zero-order valence-corrected chi connectivity index (χ0v) is 13.1. The molecule has 0 radical (unpaired) electrons. The molecular weight excluding hydrogens is 302 g/mol. The Kier molecular flexibility index (Phi) is 4.29. The Balaban J connectivity index is 1.78. The fraction of sp³-hybridized carbons (Fsp3) is 0.400. The molecule has 3 N–H and O–H groups in total. The number of rotatable bonds is 5. The van der Waals surface area contributed by atoms with Gasteiger partial charge in [0.2, 0.25) is 5.95 Å². The van der Waals surface area contributed by atoms with E-state index in [9.17, 15) is 4.79 Å². The average molecular weight is 320 g/mol. The van der Waals surface area contributed by atoms with Gasteiger partial charge in [-0.05, 0) is 25.7 Å². The van der Waals surface area contributed by atoms with Crippen LogP contribution in [0.4, 0.5) is 11.8 Å². The minimum Gasteiger partial charge on any atom is -0.357 e. The number of hydrogen-bond donors (Lipinski definition) is 3. The number of nitrogens with zero attached hydrogens (tertiary/aromatic N) is 2. The molecule has 0 aromatic carbocycles. The second kappa shape index (κ2) is 6.36. The highest BCUT2D eigenvalue weighted by Gasteiger charge is 2.26. The Morgan fingerprint density at radius 1 is 1.32 bits per heavy atom. The number of hydrogen-bond acceptors (Lipinski definition) is 5. The fourth-order valence-electron chi connectivity index (χ4n) is 2.20. The number of carbonyl (C=O) groups excluding carboxylic acids is 1. The first-order valence-electron chi connectivity index (χ1n) is 7.36. The average Bonchev–Trinajstić information content (AvgIpc) is 3.34. The summed E-state index contributed by atoms with van der Waals surface area (Å²) in [6.07, 6.45) is 9.35. The molecule has 2 aliphatic rings. The van der Waals surface area contributed by atoms with Gasteiger partial charge in [-0.15, -0.1) is 0 Å². The highest BCUT2D eigenvalue weighted by molar-refractivity contribution is 6.32. The Hall–Kier alpha value is -2.08. The lowest BCUT2D eigenvalue weighted by Gasteiger charge is -2.18. The van der Waals surface area contributed by atoms with Crippen LogP contribution in [0.2, 0.25) is 5.02 Å². The number of anilines is 2. The van der Waals surface area contributed by atoms with Gasteiger partial charge in [0.05, 0.1) is 11.8 Å². The predicted molar refractivity (Wildman–Crippen MR) is 86.8 cm³/mol. The molecule has 2 aliphatic carbocycles. The first kappa shape index (κ1) is 14.8. The Morgan fingerprint density at radius 3 is 2.82 bits per heavy atom. The van der Waals surface area contributed by atoms with Gasteiger partial charge in [0, 0.05) is 18.8 Å². The molecule has 1 fully saturated rings. The number of halogens is 1. The fourth-order valence-corrected chi connectivity index (χ4v) is 2.34. The van der Waals surface area contributed by atoms with Crippen LogP contribution >= 0.6 is 11.6 Å². The Bertz CT molecular complexity index is 651. The van der Waals surface area contributed by atoms with Crippen molar-refractivity contribution in [3.8, 4) is 0 Å². The van der Waals surface area contributed by atoms with Crippen LogP contribution in [0, 0.1) is 0 Å². The zero-order chi connectivity index (χ0) is 15.5. The third kappa shape index (κ3) is 3.39. The minimum atomic E-state index is -0.0417. The minimum absolute atomic E-state index is 0.0417. The summed E-state index contributed by atoms with van der Waals surface area (Å²) in [5.74, 6) is 0.913. The van der Waals surface area contributed by atoms with Crippen LogP contribution in [0.1, 0.15) is 25.7 Å². The van der Waals surface area contributed by atoms with Crippen molar-refractivity contribution in [3.63, 3.8) is 0 Å². The smallest absolute Gasteiger partial charge is 0.253 e. The van der Waals surface area contributed by atoms with Gasteiger partial charge in [-0.2, -0.15) is 4.98 Å². The molecule has 0 bridgehead atoms. The summed E-state index contributed by atoms with van der Waals surface area (Å²) >= 11 is 6.13. The molecule has 116 valence electrons. The van der Waals surface area contributed by atoms with E-state index in [1.54, 1.807) is 7.05 Å². The molecule has 0 aliphatic heterocycles. The van der Waals surface area contributed by atoms with E-state index in [4.69, 9.17) is 11.6 Å². The summed E-state index contributed by atoms with van der Waals surface area (Å²) in [7, 11) is 1.74. The van der Waals surface area contributed by atoms with Crippen LogP contribution in [0.3, 0.4) is 0 Å². The van der Waals surface area contributed by atoms with Crippen LogP contribution in [-0.2, 0) is 4.79 Å². The van der Waals surface area contributed by atoms with Crippen molar-refractivity contribution in [2.75, 3.05) is 17.7 Å². The summed E-state index contributed by atoms with van der Waals surface area (Å²) in [6, 6.07) is 0.329. The van der Waals surface area contributed by atoms with E-state index in [0.29, 0.717) is 28.4 Å². The van der Waals surface area contributed by atoms with Crippen molar-refractivity contribution in [1.29, 1.82) is 0 Å². The lowest BCUT2D eigenvalue weighted by atomic mass is 10.0. The van der Waals surface area contributed by atoms with Gasteiger partial charge in [0.15, 0.2) is 5.82 Å². The van der Waals surface area contributed by atoms with E-state index in [0.717, 1.165) is 31.4 Å². The highest BCUT2D eigenvalue weighted by Crippen LogP contribution is 2.27. The molecule has 0 spiro atoms. The topological polar surface area (TPSA) is 78.9 Å². The standard InChI is InChI=1S/C15H18ClN5O/c1-17-15-18-8-11(16)13(21-15)20-12-5-3-2-4-10(12)14(22)19-9-6-7-9/h4-5,8-9H,2-3,6-7H2,1H3,(H,19,22)(H2,17,18,20,21). The molecule has 1 saturated carbocycles. The normalized spacial score (nSPS) is 17.4. The van der Waals surface area contributed by atoms with Crippen LogP contribution < -0.4 is 16.0 Å². The summed E-state index contributed by atoms with van der Waals surface area (Å²) in [4.78, 5) is 20.7. The number of allylic oxidation sites excluding steroid dienone is 2. The Morgan fingerprint density at radius 2 is 2.09 bits per heavy atom. The molecule has 0 saturated heterocycles. The maximum atomic E-state index is 12.3. The quantitative estimate of drug-likeness (QED) is 0.777. The van der Waals surface area contributed by atoms with Gasteiger partial charge in [-0.25, -0.2) is 4.98 Å². The van der Waals surface area contributed by atoms with E-state index in [-0.39, 0.29) is 5.91 Å². The maximum absolute atomic E-state index is 12.3. The summed E-state index contributed by atoms with van der Waals surface area (Å²) in [6.45, 7) is 0. The van der Waals surface area contributed by atoms with Gasteiger partial charge in [-0.1, -0.05) is 23.8 Å². The predicted octanol–water partition coefficient (Wildman–Crippen LogP) is 2.47. The molecule has 0 unspecified atom stereocenters. The van der Waals surface area contributed by atoms with Crippen LogP contribution in [0.15, 0.2) is 29.6 Å². The van der Waals surface area contributed by atoms with Gasteiger partial charge in [0.1, 0.15) is 5.02 Å². The van der Waals surface area contributed by atoms with Gasteiger partial charge >= 0.3 is 0 Å². The van der Waals surface area contributed by atoms with Crippen molar-refractivity contribution < 1.29 is 4.79 Å². The van der Waals surface area contributed by atoms with E-state index in [2.05, 4.69) is 25.9 Å². The zero-order valence-electron chi connectivity index (χ0n) is 12.3. The second-order valence-corrected chi connectivity index (χ2v) is 5.73. The lowest BCUT2D eigenvalue weighted by Crippen LogP contribution is -2.29. The Labute approximate surface area is 134 Å². The molecule has 1 heterocycles. The van der Waals surface area contributed by atoms with E-state index in [1.807, 2.05) is 12.2 Å². The monoisotopic (exact) mass is 319 g/mol. The van der Waals surface area contributed by atoms with E-state index >= 15 is 0 Å². The number of amides is 1. The van der Waals surface area contributed by atoms with Crippen molar-refractivity contribution in [2.45, 2.75) is 31.7 Å². The van der Waals surface area contributed by atoms with Crippen LogP contribution in [-0.4, -0.2) is 29.0 Å². The van der Waals surface area contributed by atoms with Gasteiger partial charge in [-0.3, -0.25) is 4.79 Å². The third-order valence-corrected chi connectivity index (χ3v) is 3.81. The van der Waals surface area contributed by atoms with Crippen molar-refractivity contribution in [1.82, 2.24) is 15.3 Å². The largest absolute Gasteiger partial charge is 0.357 e. The van der Waals surface area contributed by atoms with Gasteiger partial charge < -0.3 is 16.0 Å². The number of nitrogens with one attached hydrogen (secondary N) is 3. The molecular formula is C15H18ClN5O. The van der Waals surface area contributed by atoms with Crippen molar-refractivity contribution >= 4 is 29.3 Å². The van der Waals surface area contributed by atoms with E-state index < -0.39 is 0 Å². The third-order valence-electron chi connectivity index (χ3n) is 3.53. The molecule has 1 aromatic heterocycles. The number of aromatic nitrogens is 2. The highest BCUT2D eigenvalue weighted by atomic mass is 35.5. The SMILES string of the molecule is CNc1ncc(Cl)c(NC2=CCCC=C2C(=O)NC2CC2)n1. The summed E-state index contributed by atoms with van der Waals surface area (Å²) < 4.78 is 0. The summed E-state index contributed by atoms with van der Waals surface area (Å²) in [5.41, 5.74) is 1.39. The van der Waals surface area contributed by atoms with Gasteiger partial charge in [0.25, 0.3) is 5.91 Å². The first-order valence-corrected chi connectivity index (χ1v) is 7.74. The first-order chi connectivity index (χ1) is 10.7. The maximum Gasteiger partial charge on any atom is 0.253 e. The number of carbonyl (C=O) groups is 1. The van der Waals surface area contributed by atoms with E-state index in [1.165, 1.54) is 6.20 Å². The lowest BCUT2D eigenvalue weighted by molar-refractivity contribution is -0.117. The molecule has 0 atom stereocenters. The second-order valence-electron chi connectivity index (χ2n) is 5.33. The molecule has 22 heavy (non-hydrogen) atoms. The molecule has 1 amide bonds. The van der Waals surface area contributed by atoms with Crippen LogP contribution in [0.5, 0.6) is 0 Å². The molecule has 1 aromatic rings.